The molecule has 0 atom stereocenters. The topological polar surface area (TPSA) is 85.9 Å². The third kappa shape index (κ3) is 4.38. The highest BCUT2D eigenvalue weighted by atomic mass is 32.2. The van der Waals surface area contributed by atoms with Gasteiger partial charge in [0.05, 0.1) is 22.0 Å². The normalized spacial score (nSPS) is 11.1. The van der Waals surface area contributed by atoms with Gasteiger partial charge in [0, 0.05) is 12.0 Å². The highest BCUT2D eigenvalue weighted by Gasteiger charge is 2.19. The molecule has 0 saturated carbocycles. The van der Waals surface area contributed by atoms with E-state index in [0.717, 1.165) is 11.1 Å². The number of sulfone groups is 1. The Balaban J connectivity index is 1.85. The van der Waals surface area contributed by atoms with Gasteiger partial charge < -0.3 is 5.73 Å². The van der Waals surface area contributed by atoms with Crippen molar-refractivity contribution < 1.29 is 8.42 Å². The van der Waals surface area contributed by atoms with Gasteiger partial charge in [-0.1, -0.05) is 48.4 Å². The van der Waals surface area contributed by atoms with Gasteiger partial charge in [-0.3, -0.25) is 0 Å². The number of nitrogens with two attached hydrogens (primary N) is 1. The molecule has 0 amide bonds. The van der Waals surface area contributed by atoms with E-state index >= 15 is 0 Å². The molecule has 2 N–H and O–H groups in total. The quantitative estimate of drug-likeness (QED) is 0.688. The molecule has 3 aromatic rings. The maximum absolute atomic E-state index is 12.3. The van der Waals surface area contributed by atoms with Crippen molar-refractivity contribution in [1.82, 2.24) is 9.97 Å². The molecule has 142 valence electrons. The zero-order valence-corrected chi connectivity index (χ0v) is 16.6. The first-order valence-electron chi connectivity index (χ1n) is 8.87. The number of benzene rings is 2. The lowest BCUT2D eigenvalue weighted by molar-refractivity contribution is 0.587. The van der Waals surface area contributed by atoms with Crippen molar-refractivity contribution in [2.24, 2.45) is 0 Å². The molecule has 0 fully saturated rings. The molecule has 5 nitrogen and oxygen atoms in total. The second-order valence-corrected chi connectivity index (χ2v) is 9.08. The molecule has 2 aromatic carbocycles. The summed E-state index contributed by atoms with van der Waals surface area (Å²) in [4.78, 5) is 8.95. The fraction of sp³-hybridized carbons (Fsp3) is 0.182. The minimum absolute atomic E-state index is 0.267. The van der Waals surface area contributed by atoms with Gasteiger partial charge in [-0.15, -0.1) is 0 Å². The molecular formula is C22H21N3O2S. The minimum Gasteiger partial charge on any atom is -0.381 e. The molecular weight excluding hydrogens is 370 g/mol. The van der Waals surface area contributed by atoms with E-state index in [4.69, 9.17) is 5.73 Å². The predicted octanol–water partition coefficient (Wildman–Crippen LogP) is 3.50. The Bertz CT molecular complexity index is 1130. The van der Waals surface area contributed by atoms with Crippen LogP contribution in [0, 0.1) is 11.8 Å². The van der Waals surface area contributed by atoms with E-state index in [1.807, 2.05) is 30.3 Å². The highest BCUT2D eigenvalue weighted by Crippen LogP contribution is 2.22. The number of anilines is 1. The van der Waals surface area contributed by atoms with Gasteiger partial charge in [-0.05, 0) is 37.5 Å². The smallest absolute Gasteiger partial charge is 0.180 e. The average Bonchev–Trinajstić information content (AvgIpc) is 2.70. The monoisotopic (exact) mass is 391 g/mol. The molecule has 0 aliphatic heterocycles. The first-order valence-corrected chi connectivity index (χ1v) is 10.4. The van der Waals surface area contributed by atoms with Gasteiger partial charge in [0.2, 0.25) is 0 Å². The second kappa shape index (κ2) is 8.24. The first-order chi connectivity index (χ1) is 13.4. The molecule has 0 unspecified atom stereocenters. The minimum atomic E-state index is -3.31. The zero-order valence-electron chi connectivity index (χ0n) is 15.8. The number of hydrogen-bond acceptors (Lipinski definition) is 5. The SMILES string of the molecule is CC(C)S(=O)(=O)c1ccc(-c2cnc(N)c(C#CCc3ccccc3)n2)cc1. The second-order valence-electron chi connectivity index (χ2n) is 6.57. The summed E-state index contributed by atoms with van der Waals surface area (Å²) >= 11 is 0. The van der Waals surface area contributed by atoms with E-state index in [1.165, 1.54) is 0 Å². The van der Waals surface area contributed by atoms with E-state index in [2.05, 4.69) is 21.8 Å². The van der Waals surface area contributed by atoms with Crippen LogP contribution in [0.4, 0.5) is 5.82 Å². The molecule has 6 heteroatoms. The van der Waals surface area contributed by atoms with Crippen LogP contribution in [0.25, 0.3) is 11.3 Å². The van der Waals surface area contributed by atoms with E-state index in [9.17, 15) is 8.42 Å². The summed E-state index contributed by atoms with van der Waals surface area (Å²) in [6, 6.07) is 16.5. The summed E-state index contributed by atoms with van der Waals surface area (Å²) < 4.78 is 24.5. The van der Waals surface area contributed by atoms with Gasteiger partial charge in [-0.25, -0.2) is 18.4 Å². The third-order valence-electron chi connectivity index (χ3n) is 4.24. The van der Waals surface area contributed by atoms with Crippen LogP contribution in [0.1, 0.15) is 25.1 Å². The Morgan fingerprint density at radius 3 is 2.36 bits per heavy atom. The van der Waals surface area contributed by atoms with Crippen LogP contribution in [0.3, 0.4) is 0 Å². The van der Waals surface area contributed by atoms with Crippen molar-refractivity contribution in [3.8, 4) is 23.1 Å². The number of aromatic nitrogens is 2. The summed E-state index contributed by atoms with van der Waals surface area (Å²) in [7, 11) is -3.31. The number of rotatable bonds is 4. The van der Waals surface area contributed by atoms with Crippen LogP contribution < -0.4 is 5.73 Å². The Morgan fingerprint density at radius 1 is 1.04 bits per heavy atom. The Kier molecular flexibility index (Phi) is 5.76. The molecule has 0 bridgehead atoms. The van der Waals surface area contributed by atoms with E-state index < -0.39 is 15.1 Å². The highest BCUT2D eigenvalue weighted by molar-refractivity contribution is 7.92. The molecule has 3 rings (SSSR count). The number of hydrogen-bond donors (Lipinski definition) is 1. The number of nitrogen functional groups attached to an aromatic ring is 1. The molecule has 28 heavy (non-hydrogen) atoms. The predicted molar refractivity (Wildman–Crippen MR) is 111 cm³/mol. The van der Waals surface area contributed by atoms with Crippen molar-refractivity contribution in [2.45, 2.75) is 30.4 Å². The third-order valence-corrected chi connectivity index (χ3v) is 6.41. The Morgan fingerprint density at radius 2 is 1.71 bits per heavy atom. The van der Waals surface area contributed by atoms with E-state index in [0.29, 0.717) is 17.8 Å². The van der Waals surface area contributed by atoms with Crippen molar-refractivity contribution in [3.63, 3.8) is 0 Å². The summed E-state index contributed by atoms with van der Waals surface area (Å²) in [5.74, 6) is 6.31. The molecule has 0 aliphatic carbocycles. The summed E-state index contributed by atoms with van der Waals surface area (Å²) in [6.07, 6.45) is 2.15. The van der Waals surface area contributed by atoms with Crippen molar-refractivity contribution >= 4 is 15.7 Å². The van der Waals surface area contributed by atoms with Crippen LogP contribution in [0.15, 0.2) is 65.7 Å². The summed E-state index contributed by atoms with van der Waals surface area (Å²) in [5, 5.41) is -0.471. The molecule has 1 heterocycles. The lowest BCUT2D eigenvalue weighted by Crippen LogP contribution is -2.13. The van der Waals surface area contributed by atoms with Gasteiger partial charge in [0.25, 0.3) is 0 Å². The van der Waals surface area contributed by atoms with Crippen LogP contribution in [-0.4, -0.2) is 23.6 Å². The van der Waals surface area contributed by atoms with Crippen LogP contribution in [0.2, 0.25) is 0 Å². The van der Waals surface area contributed by atoms with Gasteiger partial charge >= 0.3 is 0 Å². The fourth-order valence-corrected chi connectivity index (χ4v) is 3.60. The van der Waals surface area contributed by atoms with Gasteiger partial charge in [-0.2, -0.15) is 0 Å². The molecule has 1 aromatic heterocycles. The lowest BCUT2D eigenvalue weighted by atomic mass is 10.1. The Labute approximate surface area is 165 Å². The van der Waals surface area contributed by atoms with Gasteiger partial charge in [0.15, 0.2) is 21.3 Å². The molecule has 0 aliphatic rings. The van der Waals surface area contributed by atoms with Crippen LogP contribution in [-0.2, 0) is 16.3 Å². The standard InChI is InChI=1S/C22H21N3O2S/c1-16(2)28(26,27)19-13-11-18(12-14-19)21-15-24-22(23)20(25-21)10-6-9-17-7-4-3-5-8-17/h3-5,7-8,11-16H,9H2,1-2H3,(H2,23,24). The van der Waals surface area contributed by atoms with E-state index in [1.54, 1.807) is 44.3 Å². The zero-order chi connectivity index (χ0) is 20.1. The molecule has 0 saturated heterocycles. The number of nitrogens with zero attached hydrogens (tertiary/aromatic N) is 2. The van der Waals surface area contributed by atoms with Crippen molar-refractivity contribution in [3.05, 3.63) is 72.1 Å². The lowest BCUT2D eigenvalue weighted by Gasteiger charge is -2.08. The Hall–Kier alpha value is -3.17. The molecule has 0 spiro atoms. The van der Waals surface area contributed by atoms with Crippen molar-refractivity contribution in [2.75, 3.05) is 5.73 Å². The first kappa shape index (κ1) is 19.6. The van der Waals surface area contributed by atoms with Crippen LogP contribution in [0.5, 0.6) is 0 Å². The maximum atomic E-state index is 12.3. The van der Waals surface area contributed by atoms with E-state index in [-0.39, 0.29) is 10.7 Å². The van der Waals surface area contributed by atoms with Gasteiger partial charge in [0.1, 0.15) is 0 Å². The summed E-state index contributed by atoms with van der Waals surface area (Å²) in [6.45, 7) is 3.32. The average molecular weight is 391 g/mol. The van der Waals surface area contributed by atoms with Crippen LogP contribution >= 0.6 is 0 Å². The molecule has 0 radical (unpaired) electrons. The summed E-state index contributed by atoms with van der Waals surface area (Å²) in [5.41, 5.74) is 8.77. The maximum Gasteiger partial charge on any atom is 0.180 e. The largest absolute Gasteiger partial charge is 0.381 e. The fourth-order valence-electron chi connectivity index (χ4n) is 2.54. The van der Waals surface area contributed by atoms with Crippen molar-refractivity contribution in [1.29, 1.82) is 0 Å².